The van der Waals surface area contributed by atoms with Crippen molar-refractivity contribution >= 4 is 10.9 Å². The summed E-state index contributed by atoms with van der Waals surface area (Å²) in [6.45, 7) is 5.79. The minimum absolute atomic E-state index is 0.0245. The van der Waals surface area contributed by atoms with Gasteiger partial charge in [0.2, 0.25) is 0 Å². The van der Waals surface area contributed by atoms with Gasteiger partial charge in [0.25, 0.3) is 5.56 Å². The second kappa shape index (κ2) is 9.31. The summed E-state index contributed by atoms with van der Waals surface area (Å²) in [5, 5.41) is 13.5. The minimum atomic E-state index is -0.0245. The molecule has 1 fully saturated rings. The van der Waals surface area contributed by atoms with Gasteiger partial charge >= 0.3 is 0 Å². The Morgan fingerprint density at radius 3 is 2.79 bits per heavy atom. The van der Waals surface area contributed by atoms with Crippen molar-refractivity contribution in [3.63, 3.8) is 0 Å². The van der Waals surface area contributed by atoms with Crippen molar-refractivity contribution in [3.05, 3.63) is 75.2 Å². The van der Waals surface area contributed by atoms with Crippen LogP contribution in [0.25, 0.3) is 10.9 Å². The van der Waals surface area contributed by atoms with Crippen LogP contribution in [0.5, 0.6) is 0 Å². The third kappa shape index (κ3) is 4.75. The summed E-state index contributed by atoms with van der Waals surface area (Å²) in [5.74, 6) is 1.59. The molecule has 0 spiro atoms. The van der Waals surface area contributed by atoms with Gasteiger partial charge < -0.3 is 9.40 Å². The summed E-state index contributed by atoms with van der Waals surface area (Å²) >= 11 is 0. The van der Waals surface area contributed by atoms with Crippen LogP contribution in [0.1, 0.15) is 60.4 Å². The molecule has 0 bridgehead atoms. The Kier molecular flexibility index (Phi) is 6.09. The Morgan fingerprint density at radius 1 is 1.15 bits per heavy atom. The molecule has 8 nitrogen and oxygen atoms in total. The second-order valence-corrected chi connectivity index (χ2v) is 9.20. The molecule has 172 valence electrons. The van der Waals surface area contributed by atoms with Crippen molar-refractivity contribution in [3.8, 4) is 0 Å². The maximum Gasteiger partial charge on any atom is 0.252 e. The summed E-state index contributed by atoms with van der Waals surface area (Å²) in [7, 11) is 0. The lowest BCUT2D eigenvalue weighted by Gasteiger charge is -2.33. The normalized spacial score (nSPS) is 15.0. The van der Waals surface area contributed by atoms with Gasteiger partial charge in [0.15, 0.2) is 5.82 Å². The van der Waals surface area contributed by atoms with Crippen molar-refractivity contribution < 1.29 is 4.42 Å². The smallest absolute Gasteiger partial charge is 0.252 e. The number of furan rings is 1. The first-order valence-corrected chi connectivity index (χ1v) is 11.7. The summed E-state index contributed by atoms with van der Waals surface area (Å²) in [6, 6.07) is 10.4. The third-order valence-electron chi connectivity index (χ3n) is 6.69. The highest BCUT2D eigenvalue weighted by molar-refractivity contribution is 5.83. The number of aryl methyl sites for hydroxylation is 2. The zero-order chi connectivity index (χ0) is 22.8. The van der Waals surface area contributed by atoms with Gasteiger partial charge in [-0.15, -0.1) is 5.10 Å². The standard InChI is InChI=1S/C25H30N6O2/c1-17-11-18(2)22-13-19(25(32)26-23(22)12-17)14-30(20-7-4-3-5-8-20)16-24-27-28-29-31(24)15-21-9-6-10-33-21/h6,9-13,20H,3-5,7-8,14-16H2,1-2H3,(H,26,32). The molecule has 0 atom stereocenters. The predicted molar refractivity (Wildman–Crippen MR) is 126 cm³/mol. The molecule has 1 aromatic carbocycles. The van der Waals surface area contributed by atoms with Crippen LogP contribution in [0.3, 0.4) is 0 Å². The summed E-state index contributed by atoms with van der Waals surface area (Å²) in [5.41, 5.74) is 3.98. The highest BCUT2D eigenvalue weighted by Gasteiger charge is 2.25. The SMILES string of the molecule is Cc1cc(C)c2cc(CN(Cc3nnnn3Cc3ccco3)C3CCCCC3)c(=O)[nH]c2c1. The summed E-state index contributed by atoms with van der Waals surface area (Å²) in [6.07, 6.45) is 7.61. The monoisotopic (exact) mass is 446 g/mol. The average Bonchev–Trinajstić information content (AvgIpc) is 3.47. The van der Waals surface area contributed by atoms with E-state index in [0.717, 1.165) is 46.5 Å². The minimum Gasteiger partial charge on any atom is -0.467 e. The highest BCUT2D eigenvalue weighted by atomic mass is 16.3. The Morgan fingerprint density at radius 2 is 2.00 bits per heavy atom. The fraction of sp³-hybridized carbons (Fsp3) is 0.440. The van der Waals surface area contributed by atoms with Crippen molar-refractivity contribution in [2.45, 2.75) is 71.6 Å². The van der Waals surface area contributed by atoms with Gasteiger partial charge in [-0.1, -0.05) is 25.3 Å². The van der Waals surface area contributed by atoms with Gasteiger partial charge in [-0.2, -0.15) is 0 Å². The fourth-order valence-corrected chi connectivity index (χ4v) is 5.00. The van der Waals surface area contributed by atoms with E-state index in [9.17, 15) is 4.79 Å². The number of hydrogen-bond donors (Lipinski definition) is 1. The van der Waals surface area contributed by atoms with E-state index in [2.05, 4.69) is 51.4 Å². The van der Waals surface area contributed by atoms with E-state index in [0.29, 0.717) is 25.7 Å². The van der Waals surface area contributed by atoms with Gasteiger partial charge in [-0.25, -0.2) is 4.68 Å². The predicted octanol–water partition coefficient (Wildman–Crippen LogP) is 4.11. The number of aromatic amines is 1. The Balaban J connectivity index is 1.45. The molecular weight excluding hydrogens is 416 g/mol. The number of hydrogen-bond acceptors (Lipinski definition) is 6. The van der Waals surface area contributed by atoms with E-state index >= 15 is 0 Å². The van der Waals surface area contributed by atoms with E-state index in [1.807, 2.05) is 18.2 Å². The van der Waals surface area contributed by atoms with Crippen molar-refractivity contribution in [2.24, 2.45) is 0 Å². The molecule has 1 aliphatic carbocycles. The van der Waals surface area contributed by atoms with Crippen LogP contribution < -0.4 is 5.56 Å². The average molecular weight is 447 g/mol. The van der Waals surface area contributed by atoms with Crippen LogP contribution in [0, 0.1) is 13.8 Å². The molecule has 1 saturated carbocycles. The second-order valence-electron chi connectivity index (χ2n) is 9.20. The Bertz CT molecular complexity index is 1280. The fourth-order valence-electron chi connectivity index (χ4n) is 5.00. The Hall–Kier alpha value is -3.26. The number of rotatable bonds is 7. The number of aromatic nitrogens is 5. The van der Waals surface area contributed by atoms with E-state index in [4.69, 9.17) is 4.42 Å². The van der Waals surface area contributed by atoms with Crippen molar-refractivity contribution in [1.29, 1.82) is 0 Å². The third-order valence-corrected chi connectivity index (χ3v) is 6.69. The Labute approximate surface area is 192 Å². The maximum absolute atomic E-state index is 13.0. The topological polar surface area (TPSA) is 92.8 Å². The number of H-pyrrole nitrogens is 1. The van der Waals surface area contributed by atoms with Crippen LogP contribution >= 0.6 is 0 Å². The molecule has 3 aromatic heterocycles. The molecule has 0 saturated heterocycles. The van der Waals surface area contributed by atoms with Gasteiger partial charge in [0, 0.05) is 29.1 Å². The summed E-state index contributed by atoms with van der Waals surface area (Å²) in [4.78, 5) is 18.5. The molecule has 0 aliphatic heterocycles. The lowest BCUT2D eigenvalue weighted by molar-refractivity contribution is 0.133. The van der Waals surface area contributed by atoms with Gasteiger partial charge in [-0.05, 0) is 72.5 Å². The zero-order valence-corrected chi connectivity index (χ0v) is 19.3. The molecule has 5 rings (SSSR count). The molecule has 33 heavy (non-hydrogen) atoms. The van der Waals surface area contributed by atoms with Crippen LogP contribution in [0.4, 0.5) is 0 Å². The van der Waals surface area contributed by atoms with E-state index < -0.39 is 0 Å². The van der Waals surface area contributed by atoms with Crippen LogP contribution in [0.2, 0.25) is 0 Å². The van der Waals surface area contributed by atoms with Crippen molar-refractivity contribution in [1.82, 2.24) is 30.1 Å². The number of pyridine rings is 1. The van der Waals surface area contributed by atoms with Gasteiger partial charge in [0.05, 0.1) is 12.8 Å². The zero-order valence-electron chi connectivity index (χ0n) is 19.3. The molecule has 0 unspecified atom stereocenters. The molecule has 3 heterocycles. The van der Waals surface area contributed by atoms with E-state index in [-0.39, 0.29) is 5.56 Å². The first-order chi connectivity index (χ1) is 16.1. The van der Waals surface area contributed by atoms with Gasteiger partial charge in [-0.3, -0.25) is 9.69 Å². The van der Waals surface area contributed by atoms with Gasteiger partial charge in [0.1, 0.15) is 12.3 Å². The van der Waals surface area contributed by atoms with E-state index in [1.165, 1.54) is 24.8 Å². The van der Waals surface area contributed by atoms with Crippen molar-refractivity contribution in [2.75, 3.05) is 0 Å². The maximum atomic E-state index is 13.0. The first kappa shape index (κ1) is 21.6. The molecule has 1 N–H and O–H groups in total. The molecule has 0 radical (unpaired) electrons. The van der Waals surface area contributed by atoms with Crippen LogP contribution in [-0.2, 0) is 19.6 Å². The lowest BCUT2D eigenvalue weighted by Crippen LogP contribution is -2.38. The van der Waals surface area contributed by atoms with Crippen LogP contribution in [-0.4, -0.2) is 36.1 Å². The largest absolute Gasteiger partial charge is 0.467 e. The van der Waals surface area contributed by atoms with Crippen LogP contribution in [0.15, 0.2) is 45.8 Å². The molecule has 4 aromatic rings. The number of fused-ring (bicyclic) bond motifs is 1. The molecule has 0 amide bonds. The molecule has 1 aliphatic rings. The highest BCUT2D eigenvalue weighted by Crippen LogP contribution is 2.26. The number of nitrogens with zero attached hydrogens (tertiary/aromatic N) is 5. The van der Waals surface area contributed by atoms with E-state index in [1.54, 1.807) is 10.9 Å². The number of nitrogens with one attached hydrogen (secondary N) is 1. The quantitative estimate of drug-likeness (QED) is 0.459. The summed E-state index contributed by atoms with van der Waals surface area (Å²) < 4.78 is 7.26. The lowest BCUT2D eigenvalue weighted by atomic mass is 9.93. The first-order valence-electron chi connectivity index (χ1n) is 11.7. The number of tetrazole rings is 1. The molecule has 8 heteroatoms. The number of benzene rings is 1. The molecular formula is C25H30N6O2.